The molecule has 0 spiro atoms. The van der Waals surface area contributed by atoms with Crippen molar-refractivity contribution in [3.05, 3.63) is 28.8 Å². The molecule has 1 heterocycles. The van der Waals surface area contributed by atoms with Gasteiger partial charge in [-0.1, -0.05) is 36.9 Å². The van der Waals surface area contributed by atoms with Crippen LogP contribution in [0.2, 0.25) is 5.02 Å². The molecule has 2 atom stereocenters. The molecule has 1 aliphatic heterocycles. The summed E-state index contributed by atoms with van der Waals surface area (Å²) in [4.78, 5) is 14.6. The van der Waals surface area contributed by atoms with Gasteiger partial charge in [0.05, 0.1) is 17.3 Å². The number of benzene rings is 1. The number of likely N-dealkylation sites (tertiary alicyclic amines) is 1. The topological polar surface area (TPSA) is 32.3 Å². The van der Waals surface area contributed by atoms with E-state index >= 15 is 0 Å². The van der Waals surface area contributed by atoms with Crippen LogP contribution in [0.3, 0.4) is 0 Å². The number of halogens is 1. The highest BCUT2D eigenvalue weighted by Crippen LogP contribution is 2.35. The molecule has 0 bridgehead atoms. The van der Waals surface area contributed by atoms with E-state index in [9.17, 15) is 4.79 Å². The van der Waals surface area contributed by atoms with Crippen LogP contribution in [0.1, 0.15) is 37.7 Å². The number of fused-ring (bicyclic) bond motifs is 1. The zero-order valence-corrected chi connectivity index (χ0v) is 14.0. The second kappa shape index (κ2) is 7.01. The summed E-state index contributed by atoms with van der Waals surface area (Å²) in [5.74, 6) is 1.75. The lowest BCUT2D eigenvalue weighted by Crippen LogP contribution is -2.44. The average Bonchev–Trinajstić information content (AvgIpc) is 2.50. The highest BCUT2D eigenvalue weighted by molar-refractivity contribution is 6.33. The van der Waals surface area contributed by atoms with Crippen molar-refractivity contribution < 1.29 is 4.79 Å². The van der Waals surface area contributed by atoms with Gasteiger partial charge in [-0.25, -0.2) is 0 Å². The Kier molecular flexibility index (Phi) is 5.04. The van der Waals surface area contributed by atoms with E-state index in [1.165, 1.54) is 32.1 Å². The number of carbonyl (C=O) groups is 1. The van der Waals surface area contributed by atoms with E-state index < -0.39 is 0 Å². The Bertz CT molecular complexity index is 546. The summed E-state index contributed by atoms with van der Waals surface area (Å²) in [6.07, 6.45) is 6.74. The molecule has 1 aliphatic carbocycles. The molecule has 1 saturated carbocycles. The molecule has 3 rings (SSSR count). The number of nitrogens with zero attached hydrogens (tertiary/aromatic N) is 1. The molecule has 1 amide bonds. The maximum atomic E-state index is 12.3. The van der Waals surface area contributed by atoms with Gasteiger partial charge in [0.1, 0.15) is 0 Å². The van der Waals surface area contributed by atoms with Crippen molar-refractivity contribution in [2.24, 2.45) is 11.8 Å². The van der Waals surface area contributed by atoms with Gasteiger partial charge in [0.25, 0.3) is 0 Å². The van der Waals surface area contributed by atoms with Gasteiger partial charge in [-0.3, -0.25) is 9.69 Å². The Morgan fingerprint density at radius 1 is 1.27 bits per heavy atom. The Hall–Kier alpha value is -1.06. The summed E-state index contributed by atoms with van der Waals surface area (Å²) in [6, 6.07) is 5.72. The molecule has 3 nitrogen and oxygen atoms in total. The van der Waals surface area contributed by atoms with E-state index in [0.717, 1.165) is 30.5 Å². The van der Waals surface area contributed by atoms with E-state index in [0.29, 0.717) is 17.3 Å². The number of anilines is 1. The number of amides is 1. The monoisotopic (exact) mass is 320 g/mol. The van der Waals surface area contributed by atoms with Crippen molar-refractivity contribution in [3.8, 4) is 0 Å². The first-order valence-electron chi connectivity index (χ1n) is 8.40. The van der Waals surface area contributed by atoms with Crippen molar-refractivity contribution in [2.45, 2.75) is 39.0 Å². The van der Waals surface area contributed by atoms with E-state index in [-0.39, 0.29) is 5.91 Å². The largest absolute Gasteiger partial charge is 0.324 e. The zero-order chi connectivity index (χ0) is 15.5. The van der Waals surface area contributed by atoms with Gasteiger partial charge in [-0.15, -0.1) is 0 Å². The number of hydrogen-bond donors (Lipinski definition) is 1. The second-order valence-corrected chi connectivity index (χ2v) is 7.27. The molecular weight excluding hydrogens is 296 g/mol. The molecule has 2 aliphatic rings. The third kappa shape index (κ3) is 3.82. The normalized spacial score (nSPS) is 25.5. The average molecular weight is 321 g/mol. The fourth-order valence-corrected chi connectivity index (χ4v) is 4.22. The minimum absolute atomic E-state index is 0.0417. The molecule has 2 fully saturated rings. The summed E-state index contributed by atoms with van der Waals surface area (Å²) >= 11 is 6.18. The standard InChI is InChI=1S/C18H25ClN2O/c1-13-6-7-17(16(19)10-13)20-18(22)12-21-9-8-14-4-2-3-5-15(14)11-21/h6-7,10,14-15H,2-5,8-9,11-12H2,1H3,(H,20,22)/t14-,15-/m1/s1. The van der Waals surface area contributed by atoms with Gasteiger partial charge >= 0.3 is 0 Å². The van der Waals surface area contributed by atoms with Gasteiger partial charge < -0.3 is 5.32 Å². The van der Waals surface area contributed by atoms with Gasteiger partial charge in [0.15, 0.2) is 0 Å². The predicted molar refractivity (Wildman–Crippen MR) is 91.3 cm³/mol. The first-order valence-corrected chi connectivity index (χ1v) is 8.78. The number of carbonyl (C=O) groups excluding carboxylic acids is 1. The van der Waals surface area contributed by atoms with Crippen molar-refractivity contribution in [2.75, 3.05) is 25.0 Å². The molecule has 4 heteroatoms. The minimum atomic E-state index is 0.0417. The van der Waals surface area contributed by atoms with Gasteiger partial charge in [0, 0.05) is 6.54 Å². The van der Waals surface area contributed by atoms with Crippen LogP contribution in [0.25, 0.3) is 0 Å². The van der Waals surface area contributed by atoms with E-state index in [1.54, 1.807) is 0 Å². The SMILES string of the molecule is Cc1ccc(NC(=O)CN2CC[C@H]3CCCC[C@@H]3C2)c(Cl)c1. The molecule has 0 aromatic heterocycles. The molecule has 1 N–H and O–H groups in total. The van der Waals surface area contributed by atoms with Crippen molar-refractivity contribution in [1.82, 2.24) is 4.90 Å². The minimum Gasteiger partial charge on any atom is -0.324 e. The lowest BCUT2D eigenvalue weighted by atomic mass is 9.75. The number of aryl methyl sites for hydroxylation is 1. The summed E-state index contributed by atoms with van der Waals surface area (Å²) < 4.78 is 0. The highest BCUT2D eigenvalue weighted by atomic mass is 35.5. The highest BCUT2D eigenvalue weighted by Gasteiger charge is 2.31. The molecule has 0 unspecified atom stereocenters. The molecule has 120 valence electrons. The van der Waals surface area contributed by atoms with Crippen molar-refractivity contribution in [3.63, 3.8) is 0 Å². The number of nitrogens with one attached hydrogen (secondary N) is 1. The van der Waals surface area contributed by atoms with Crippen molar-refractivity contribution >= 4 is 23.2 Å². The lowest BCUT2D eigenvalue weighted by molar-refractivity contribution is -0.118. The van der Waals surface area contributed by atoms with Crippen LogP contribution >= 0.6 is 11.6 Å². The van der Waals surface area contributed by atoms with E-state index in [2.05, 4.69) is 10.2 Å². The molecule has 1 aromatic carbocycles. The summed E-state index contributed by atoms with van der Waals surface area (Å²) in [5, 5.41) is 3.55. The van der Waals surface area contributed by atoms with Crippen LogP contribution < -0.4 is 5.32 Å². The maximum Gasteiger partial charge on any atom is 0.238 e. The lowest BCUT2D eigenvalue weighted by Gasteiger charge is -2.41. The summed E-state index contributed by atoms with van der Waals surface area (Å²) in [6.45, 7) is 4.61. The fourth-order valence-electron chi connectivity index (χ4n) is 3.93. The zero-order valence-electron chi connectivity index (χ0n) is 13.3. The quantitative estimate of drug-likeness (QED) is 0.909. The third-order valence-electron chi connectivity index (χ3n) is 5.14. The molecule has 0 radical (unpaired) electrons. The van der Waals surface area contributed by atoms with Crippen LogP contribution in [0.5, 0.6) is 0 Å². The Labute approximate surface area is 138 Å². The van der Waals surface area contributed by atoms with Crippen LogP contribution in [-0.2, 0) is 4.79 Å². The Morgan fingerprint density at radius 2 is 2.05 bits per heavy atom. The summed E-state index contributed by atoms with van der Waals surface area (Å²) in [7, 11) is 0. The first kappa shape index (κ1) is 15.8. The Balaban J connectivity index is 1.53. The molecular formula is C18H25ClN2O. The fraction of sp³-hybridized carbons (Fsp3) is 0.611. The smallest absolute Gasteiger partial charge is 0.238 e. The van der Waals surface area contributed by atoms with Gasteiger partial charge in [-0.2, -0.15) is 0 Å². The van der Waals surface area contributed by atoms with E-state index in [1.807, 2.05) is 25.1 Å². The molecule has 1 saturated heterocycles. The van der Waals surface area contributed by atoms with Gasteiger partial charge in [-0.05, 0) is 55.8 Å². The number of hydrogen-bond acceptors (Lipinski definition) is 2. The first-order chi connectivity index (χ1) is 10.6. The predicted octanol–water partition coefficient (Wildman–Crippen LogP) is 4.10. The van der Waals surface area contributed by atoms with Crippen LogP contribution in [0.4, 0.5) is 5.69 Å². The number of piperidine rings is 1. The van der Waals surface area contributed by atoms with Crippen molar-refractivity contribution in [1.29, 1.82) is 0 Å². The number of rotatable bonds is 3. The Morgan fingerprint density at radius 3 is 2.82 bits per heavy atom. The van der Waals surface area contributed by atoms with Crippen LogP contribution in [0, 0.1) is 18.8 Å². The van der Waals surface area contributed by atoms with Gasteiger partial charge in [0.2, 0.25) is 5.91 Å². The van der Waals surface area contributed by atoms with Crippen LogP contribution in [-0.4, -0.2) is 30.4 Å². The second-order valence-electron chi connectivity index (χ2n) is 6.86. The van der Waals surface area contributed by atoms with Crippen LogP contribution in [0.15, 0.2) is 18.2 Å². The molecule has 1 aromatic rings. The van der Waals surface area contributed by atoms with E-state index in [4.69, 9.17) is 11.6 Å². The maximum absolute atomic E-state index is 12.3. The summed E-state index contributed by atoms with van der Waals surface area (Å²) in [5.41, 5.74) is 1.81. The molecule has 22 heavy (non-hydrogen) atoms. The third-order valence-corrected chi connectivity index (χ3v) is 5.45.